The molecule has 198 valence electrons. The third kappa shape index (κ3) is 6.58. The summed E-state index contributed by atoms with van der Waals surface area (Å²) in [6, 6.07) is 3.99. The molecular weight excluding hydrogens is 506 g/mol. The van der Waals surface area contributed by atoms with Gasteiger partial charge in [0.25, 0.3) is 0 Å². The lowest BCUT2D eigenvalue weighted by atomic mass is 10.1. The first-order valence-corrected chi connectivity index (χ1v) is 14.3. The number of hydrogen-bond donors (Lipinski definition) is 1. The largest absolute Gasteiger partial charge is 0.493 e. The first kappa shape index (κ1) is 25.9. The van der Waals surface area contributed by atoms with Crippen LogP contribution in [0.4, 0.5) is 5.82 Å². The smallest absolute Gasteiger partial charge is 0.169 e. The maximum absolute atomic E-state index is 6.15. The number of rotatable bonds is 9. The minimum absolute atomic E-state index is 0.661. The Labute approximate surface area is 227 Å². The summed E-state index contributed by atoms with van der Waals surface area (Å²) in [5.41, 5.74) is 0.861. The Morgan fingerprint density at radius 2 is 1.86 bits per heavy atom. The number of nitrogens with zero attached hydrogens (tertiary/aromatic N) is 6. The number of nitrogens with one attached hydrogen (secondary N) is 1. The van der Waals surface area contributed by atoms with Crippen LogP contribution in [0.1, 0.15) is 30.7 Å². The first-order valence-electron chi connectivity index (χ1n) is 13.1. The molecule has 4 heterocycles. The second kappa shape index (κ2) is 12.7. The first-order chi connectivity index (χ1) is 18.2. The van der Waals surface area contributed by atoms with E-state index in [9.17, 15) is 0 Å². The molecule has 0 aliphatic carbocycles. The van der Waals surface area contributed by atoms with E-state index in [1.807, 2.05) is 23.7 Å². The third-order valence-corrected chi connectivity index (χ3v) is 8.15. The van der Waals surface area contributed by atoms with Crippen LogP contribution in [0.25, 0.3) is 10.9 Å². The van der Waals surface area contributed by atoms with E-state index in [1.165, 1.54) is 32.4 Å². The predicted octanol–water partition coefficient (Wildman–Crippen LogP) is 3.55. The van der Waals surface area contributed by atoms with Gasteiger partial charge in [0.1, 0.15) is 17.2 Å². The lowest BCUT2D eigenvalue weighted by Gasteiger charge is -2.37. The summed E-state index contributed by atoms with van der Waals surface area (Å²) in [4.78, 5) is 20.5. The molecule has 2 saturated heterocycles. The number of likely N-dealkylation sites (tertiary alicyclic amines) is 1. The van der Waals surface area contributed by atoms with Gasteiger partial charge in [0, 0.05) is 55.8 Å². The van der Waals surface area contributed by atoms with Crippen molar-refractivity contribution in [3.63, 3.8) is 0 Å². The molecule has 2 aliphatic rings. The topological polar surface area (TPSA) is 78.9 Å². The number of thiazole rings is 1. The van der Waals surface area contributed by atoms with Gasteiger partial charge in [-0.05, 0) is 50.6 Å². The van der Waals surface area contributed by atoms with Crippen LogP contribution in [0.3, 0.4) is 0 Å². The number of piperidine rings is 1. The molecule has 37 heavy (non-hydrogen) atoms. The number of ether oxygens (including phenoxy) is 2. The van der Waals surface area contributed by atoms with Gasteiger partial charge in [-0.2, -0.15) is 0 Å². The van der Waals surface area contributed by atoms with E-state index in [2.05, 4.69) is 35.0 Å². The Kier molecular flexibility index (Phi) is 8.85. The van der Waals surface area contributed by atoms with Crippen LogP contribution in [0.15, 0.2) is 30.0 Å². The molecule has 2 aromatic heterocycles. The lowest BCUT2D eigenvalue weighted by molar-refractivity contribution is 0.203. The number of thiocarbonyl (C=S) groups is 1. The van der Waals surface area contributed by atoms with Crippen LogP contribution in [0.5, 0.6) is 11.5 Å². The van der Waals surface area contributed by atoms with Gasteiger partial charge in [-0.3, -0.25) is 0 Å². The van der Waals surface area contributed by atoms with E-state index in [0.717, 1.165) is 71.7 Å². The van der Waals surface area contributed by atoms with Crippen LogP contribution < -0.4 is 19.7 Å². The van der Waals surface area contributed by atoms with Crippen molar-refractivity contribution in [3.8, 4) is 11.5 Å². The van der Waals surface area contributed by atoms with E-state index in [1.54, 1.807) is 24.8 Å². The number of benzene rings is 1. The molecule has 0 amide bonds. The number of methoxy groups -OCH3 is 1. The van der Waals surface area contributed by atoms with Gasteiger partial charge < -0.3 is 29.5 Å². The number of anilines is 1. The van der Waals surface area contributed by atoms with Gasteiger partial charge in [0.05, 0.1) is 25.8 Å². The predicted molar refractivity (Wildman–Crippen MR) is 152 cm³/mol. The quantitative estimate of drug-likeness (QED) is 0.321. The second-order valence-electron chi connectivity index (χ2n) is 9.38. The number of piperazine rings is 1. The Hall–Kier alpha value is -2.76. The molecule has 3 aromatic rings. The third-order valence-electron chi connectivity index (χ3n) is 6.97. The highest BCUT2D eigenvalue weighted by Gasteiger charge is 2.22. The maximum Gasteiger partial charge on any atom is 0.169 e. The van der Waals surface area contributed by atoms with Gasteiger partial charge in [-0.15, -0.1) is 11.3 Å². The molecule has 0 spiro atoms. The summed E-state index contributed by atoms with van der Waals surface area (Å²) in [5, 5.41) is 8.08. The molecule has 11 heteroatoms. The Morgan fingerprint density at radius 3 is 2.62 bits per heavy atom. The average molecular weight is 542 g/mol. The molecule has 0 unspecified atom stereocenters. The van der Waals surface area contributed by atoms with Gasteiger partial charge in [0.15, 0.2) is 16.6 Å². The fourth-order valence-corrected chi connectivity index (χ4v) is 5.76. The van der Waals surface area contributed by atoms with Crippen LogP contribution in [0.2, 0.25) is 0 Å². The lowest BCUT2D eigenvalue weighted by Crippen LogP contribution is -2.51. The van der Waals surface area contributed by atoms with Crippen LogP contribution in [-0.2, 0) is 6.54 Å². The molecule has 0 saturated carbocycles. The maximum atomic E-state index is 6.15. The van der Waals surface area contributed by atoms with Gasteiger partial charge in [-0.1, -0.05) is 6.42 Å². The van der Waals surface area contributed by atoms with Crippen molar-refractivity contribution < 1.29 is 9.47 Å². The fourth-order valence-electron chi connectivity index (χ4n) is 4.95. The minimum atomic E-state index is 0.661. The molecule has 1 aromatic carbocycles. The Bertz CT molecular complexity index is 1160. The molecule has 2 aliphatic heterocycles. The molecule has 1 N–H and O–H groups in total. The fraction of sp³-hybridized carbons (Fsp3) is 0.538. The van der Waals surface area contributed by atoms with Crippen molar-refractivity contribution in [3.05, 3.63) is 35.0 Å². The van der Waals surface area contributed by atoms with E-state index >= 15 is 0 Å². The molecular formula is C26H35N7O2S2. The zero-order valence-corrected chi connectivity index (χ0v) is 23.0. The highest BCUT2D eigenvalue weighted by atomic mass is 32.1. The normalized spacial score (nSPS) is 16.7. The van der Waals surface area contributed by atoms with Crippen LogP contribution in [0, 0.1) is 0 Å². The summed E-state index contributed by atoms with van der Waals surface area (Å²) in [5.74, 6) is 2.37. The minimum Gasteiger partial charge on any atom is -0.493 e. The molecule has 5 rings (SSSR count). The molecule has 2 fully saturated rings. The molecule has 0 radical (unpaired) electrons. The van der Waals surface area contributed by atoms with E-state index in [4.69, 9.17) is 21.7 Å². The second-order valence-corrected chi connectivity index (χ2v) is 10.7. The van der Waals surface area contributed by atoms with Gasteiger partial charge in [0.2, 0.25) is 0 Å². The zero-order valence-electron chi connectivity index (χ0n) is 21.4. The van der Waals surface area contributed by atoms with Gasteiger partial charge in [-0.25, -0.2) is 15.0 Å². The van der Waals surface area contributed by atoms with Gasteiger partial charge >= 0.3 is 0 Å². The van der Waals surface area contributed by atoms with E-state index in [-0.39, 0.29) is 0 Å². The molecule has 9 nitrogen and oxygen atoms in total. The number of fused-ring (bicyclic) bond motifs is 1. The molecule has 0 atom stereocenters. The van der Waals surface area contributed by atoms with Crippen molar-refractivity contribution in [2.45, 2.75) is 32.2 Å². The van der Waals surface area contributed by atoms with Crippen molar-refractivity contribution in [2.75, 3.05) is 64.4 Å². The van der Waals surface area contributed by atoms with Crippen molar-refractivity contribution in [1.29, 1.82) is 0 Å². The van der Waals surface area contributed by atoms with E-state index < -0.39 is 0 Å². The number of aromatic nitrogens is 3. The summed E-state index contributed by atoms with van der Waals surface area (Å²) in [6.45, 7) is 8.12. The summed E-state index contributed by atoms with van der Waals surface area (Å²) in [6.07, 6.45) is 8.44. The zero-order chi connectivity index (χ0) is 25.5. The highest BCUT2D eigenvalue weighted by Crippen LogP contribution is 2.35. The van der Waals surface area contributed by atoms with Crippen LogP contribution in [-0.4, -0.2) is 89.4 Å². The summed E-state index contributed by atoms with van der Waals surface area (Å²) < 4.78 is 11.8. The Balaban J connectivity index is 1.19. The average Bonchev–Trinajstić information content (AvgIpc) is 3.48. The standard InChI is InChI=1S/C26H35N7O2S2/c1-34-22-16-20-21(17-23(22)35-14-5-9-31-7-3-2-4-8-31)29-19-30-25(20)32-10-12-33(13-11-32)26(36)28-18-24-27-6-15-37-24/h6,15-17,19H,2-5,7-14,18H2,1H3,(H,28,36). The number of hydrogen-bond acceptors (Lipinski definition) is 9. The van der Waals surface area contributed by atoms with E-state index in [0.29, 0.717) is 18.9 Å². The van der Waals surface area contributed by atoms with Crippen molar-refractivity contribution >= 4 is 45.4 Å². The Morgan fingerprint density at radius 1 is 1.03 bits per heavy atom. The van der Waals surface area contributed by atoms with Crippen molar-refractivity contribution in [1.82, 2.24) is 30.1 Å². The summed E-state index contributed by atoms with van der Waals surface area (Å²) in [7, 11) is 1.68. The molecule has 0 bridgehead atoms. The highest BCUT2D eigenvalue weighted by molar-refractivity contribution is 7.80. The monoisotopic (exact) mass is 541 g/mol. The van der Waals surface area contributed by atoms with Crippen molar-refractivity contribution in [2.24, 2.45) is 0 Å². The van der Waals surface area contributed by atoms with Crippen LogP contribution >= 0.6 is 23.6 Å². The SMILES string of the molecule is COc1cc2c(N3CCN(C(=S)NCc4nccs4)CC3)ncnc2cc1OCCCN1CCCCC1. The summed E-state index contributed by atoms with van der Waals surface area (Å²) >= 11 is 7.25.